The molecule has 0 N–H and O–H groups in total. The summed E-state index contributed by atoms with van der Waals surface area (Å²) in [5.41, 5.74) is 2.06. The van der Waals surface area contributed by atoms with Crippen molar-refractivity contribution in [1.29, 1.82) is 0 Å². The minimum atomic E-state index is -3.75. The molecule has 4 rings (SSSR count). The second kappa shape index (κ2) is 6.37. The summed E-state index contributed by atoms with van der Waals surface area (Å²) in [6, 6.07) is 14.1. The Morgan fingerprint density at radius 2 is 1.85 bits per heavy atom. The smallest absolute Gasteiger partial charge is 0.268 e. The number of oxazole rings is 1. The van der Waals surface area contributed by atoms with E-state index in [0.29, 0.717) is 22.7 Å². The quantitative estimate of drug-likeness (QED) is 0.631. The van der Waals surface area contributed by atoms with Gasteiger partial charge >= 0.3 is 0 Å². The number of halogens is 1. The minimum Gasteiger partial charge on any atom is -0.444 e. The van der Waals surface area contributed by atoms with Gasteiger partial charge in [0.05, 0.1) is 12.3 Å². The van der Waals surface area contributed by atoms with E-state index in [2.05, 4.69) is 20.9 Å². The van der Waals surface area contributed by atoms with Gasteiger partial charge in [0.15, 0.2) is 0 Å². The number of fused-ring (bicyclic) bond motifs is 1. The largest absolute Gasteiger partial charge is 0.444 e. The number of benzene rings is 2. The lowest BCUT2D eigenvalue weighted by atomic mass is 10.1. The molecule has 6 nitrogen and oxygen atoms in total. The van der Waals surface area contributed by atoms with E-state index in [-0.39, 0.29) is 12.3 Å². The van der Waals surface area contributed by atoms with Crippen LogP contribution in [-0.2, 0) is 22.3 Å². The molecule has 1 amide bonds. The lowest BCUT2D eigenvalue weighted by Crippen LogP contribution is -2.41. The number of aromatic nitrogens is 1. The molecule has 0 saturated carbocycles. The zero-order chi connectivity index (χ0) is 18.3. The van der Waals surface area contributed by atoms with E-state index < -0.39 is 15.9 Å². The Morgan fingerprint density at radius 3 is 2.62 bits per heavy atom. The summed E-state index contributed by atoms with van der Waals surface area (Å²) < 4.78 is 32.3. The summed E-state index contributed by atoms with van der Waals surface area (Å²) in [5.74, 6) is -0.374. The van der Waals surface area contributed by atoms with Crippen molar-refractivity contribution in [3.63, 3.8) is 0 Å². The molecule has 0 unspecified atom stereocenters. The molecular formula is C18H13BrN2O4S. The Kier molecular flexibility index (Phi) is 4.16. The molecule has 1 aliphatic heterocycles. The van der Waals surface area contributed by atoms with E-state index in [1.165, 1.54) is 6.26 Å². The third kappa shape index (κ3) is 3.06. The highest BCUT2D eigenvalue weighted by Gasteiger charge is 2.36. The van der Waals surface area contributed by atoms with E-state index in [4.69, 9.17) is 4.42 Å². The van der Waals surface area contributed by atoms with Gasteiger partial charge in [-0.1, -0.05) is 34.1 Å². The normalized spacial score (nSPS) is 15.7. The van der Waals surface area contributed by atoms with Gasteiger partial charge in [0.25, 0.3) is 5.91 Å². The van der Waals surface area contributed by atoms with Crippen LogP contribution >= 0.6 is 15.9 Å². The third-order valence-corrected chi connectivity index (χ3v) is 6.27. The topological polar surface area (TPSA) is 80.5 Å². The molecule has 0 saturated heterocycles. The summed E-state index contributed by atoms with van der Waals surface area (Å²) >= 11 is 3.36. The van der Waals surface area contributed by atoms with Crippen LogP contribution in [0.1, 0.15) is 21.6 Å². The van der Waals surface area contributed by atoms with Crippen molar-refractivity contribution in [2.75, 3.05) is 0 Å². The van der Waals surface area contributed by atoms with Crippen molar-refractivity contribution in [3.8, 4) is 11.5 Å². The third-order valence-electron chi connectivity index (χ3n) is 4.10. The fraction of sp³-hybridized carbons (Fsp3) is 0.111. The highest BCUT2D eigenvalue weighted by atomic mass is 79.9. The molecule has 0 bridgehead atoms. The number of carbonyl (C=O) groups excluding carboxylic acids is 1. The first-order valence-electron chi connectivity index (χ1n) is 7.77. The predicted molar refractivity (Wildman–Crippen MR) is 98.6 cm³/mol. The van der Waals surface area contributed by atoms with E-state index in [1.807, 2.05) is 24.3 Å². The number of rotatable bonds is 3. The number of hydrogen-bond acceptors (Lipinski definition) is 5. The van der Waals surface area contributed by atoms with Gasteiger partial charge in [0.2, 0.25) is 15.9 Å². The molecule has 132 valence electrons. The molecule has 1 aromatic heterocycles. The second-order valence-corrected chi connectivity index (χ2v) is 8.69. The Morgan fingerprint density at radius 1 is 1.12 bits per heavy atom. The van der Waals surface area contributed by atoms with Crippen LogP contribution in [0, 0.1) is 0 Å². The first-order valence-corrected chi connectivity index (χ1v) is 10.2. The van der Waals surface area contributed by atoms with Crippen LogP contribution in [0.15, 0.2) is 63.7 Å². The van der Waals surface area contributed by atoms with Crippen molar-refractivity contribution in [2.24, 2.45) is 0 Å². The molecule has 0 aliphatic carbocycles. The van der Waals surface area contributed by atoms with Crippen LogP contribution < -0.4 is 0 Å². The van der Waals surface area contributed by atoms with E-state index in [1.54, 1.807) is 24.3 Å². The second-order valence-electron chi connectivity index (χ2n) is 5.88. The van der Waals surface area contributed by atoms with Crippen LogP contribution in [0.4, 0.5) is 0 Å². The Hall–Kier alpha value is -2.45. The van der Waals surface area contributed by atoms with E-state index >= 15 is 0 Å². The zero-order valence-corrected chi connectivity index (χ0v) is 15.8. The maximum absolute atomic E-state index is 12.6. The number of sulfonamides is 1. The molecule has 0 fully saturated rings. The van der Waals surface area contributed by atoms with Gasteiger partial charge in [-0.2, -0.15) is 0 Å². The SMILES string of the molecule is O=C1c2ccccc2CS(=O)(=O)N1Cc1coc(-c2ccc(Br)cc2)n1. The fourth-order valence-electron chi connectivity index (χ4n) is 2.81. The standard InChI is InChI=1S/C18H13BrN2O4S/c19-14-7-5-12(6-8-14)17-20-15(10-25-17)9-21-18(22)16-4-2-1-3-13(16)11-26(21,23)24/h1-8,10H,9,11H2. The molecule has 26 heavy (non-hydrogen) atoms. The van der Waals surface area contributed by atoms with Crippen LogP contribution in [-0.4, -0.2) is 23.6 Å². The summed E-state index contributed by atoms with van der Waals surface area (Å²) in [6.45, 7) is -0.157. The number of amides is 1. The maximum atomic E-state index is 12.6. The van der Waals surface area contributed by atoms with Crippen LogP contribution in [0.25, 0.3) is 11.5 Å². The number of carbonyl (C=O) groups is 1. The van der Waals surface area contributed by atoms with Crippen molar-refractivity contribution in [2.45, 2.75) is 12.3 Å². The van der Waals surface area contributed by atoms with Gasteiger partial charge in [-0.3, -0.25) is 4.79 Å². The lowest BCUT2D eigenvalue weighted by molar-refractivity contribution is 0.0848. The van der Waals surface area contributed by atoms with Crippen molar-refractivity contribution >= 4 is 31.9 Å². The molecule has 1 aliphatic rings. The highest BCUT2D eigenvalue weighted by molar-refractivity contribution is 9.10. The van der Waals surface area contributed by atoms with Crippen molar-refractivity contribution < 1.29 is 17.6 Å². The van der Waals surface area contributed by atoms with Gasteiger partial charge in [0, 0.05) is 15.6 Å². The minimum absolute atomic E-state index is 0.157. The van der Waals surface area contributed by atoms with Gasteiger partial charge in [-0.25, -0.2) is 17.7 Å². The Labute approximate surface area is 158 Å². The summed E-state index contributed by atoms with van der Waals surface area (Å²) in [7, 11) is -3.75. The molecular weight excluding hydrogens is 420 g/mol. The first-order chi connectivity index (χ1) is 12.4. The average molecular weight is 433 g/mol. The van der Waals surface area contributed by atoms with Crippen LogP contribution in [0.3, 0.4) is 0 Å². The summed E-state index contributed by atoms with van der Waals surface area (Å²) in [6.07, 6.45) is 1.38. The number of hydrogen-bond donors (Lipinski definition) is 0. The molecule has 2 aromatic carbocycles. The Bertz CT molecular complexity index is 1090. The number of nitrogens with zero attached hydrogens (tertiary/aromatic N) is 2. The molecule has 3 aromatic rings. The molecule has 0 atom stereocenters. The summed E-state index contributed by atoms with van der Waals surface area (Å²) in [5, 5.41) is 0. The Balaban J connectivity index is 1.63. The molecule has 2 heterocycles. The van der Waals surface area contributed by atoms with E-state index in [0.717, 1.165) is 14.3 Å². The fourth-order valence-corrected chi connectivity index (χ4v) is 4.56. The molecule has 0 spiro atoms. The zero-order valence-electron chi connectivity index (χ0n) is 13.4. The average Bonchev–Trinajstić information content (AvgIpc) is 3.08. The van der Waals surface area contributed by atoms with E-state index in [9.17, 15) is 13.2 Å². The molecule has 0 radical (unpaired) electrons. The first kappa shape index (κ1) is 17.0. The van der Waals surface area contributed by atoms with Crippen LogP contribution in [0.5, 0.6) is 0 Å². The lowest BCUT2D eigenvalue weighted by Gasteiger charge is -2.27. The predicted octanol–water partition coefficient (Wildman–Crippen LogP) is 3.59. The summed E-state index contributed by atoms with van der Waals surface area (Å²) in [4.78, 5) is 17.0. The molecule has 8 heteroatoms. The van der Waals surface area contributed by atoms with Crippen molar-refractivity contribution in [3.05, 3.63) is 76.1 Å². The van der Waals surface area contributed by atoms with Crippen molar-refractivity contribution in [1.82, 2.24) is 9.29 Å². The van der Waals surface area contributed by atoms with Gasteiger partial charge in [0.1, 0.15) is 12.0 Å². The van der Waals surface area contributed by atoms with Gasteiger partial charge in [-0.05, 0) is 35.9 Å². The van der Waals surface area contributed by atoms with Gasteiger partial charge < -0.3 is 4.42 Å². The van der Waals surface area contributed by atoms with Gasteiger partial charge in [-0.15, -0.1) is 0 Å². The monoisotopic (exact) mass is 432 g/mol. The highest BCUT2D eigenvalue weighted by Crippen LogP contribution is 2.27. The maximum Gasteiger partial charge on any atom is 0.268 e. The van der Waals surface area contributed by atoms with Crippen LogP contribution in [0.2, 0.25) is 0 Å².